The van der Waals surface area contributed by atoms with Gasteiger partial charge in [0.05, 0.1) is 5.69 Å². The van der Waals surface area contributed by atoms with Gasteiger partial charge in [-0.1, -0.05) is 18.2 Å². The number of aromatic amines is 1. The predicted octanol–water partition coefficient (Wildman–Crippen LogP) is 3.53. The Morgan fingerprint density at radius 2 is 2.00 bits per heavy atom. The number of benzene rings is 2. The molecule has 138 valence electrons. The number of aryl methyl sites for hydroxylation is 1. The molecule has 1 fully saturated rings. The Balaban J connectivity index is 1.40. The van der Waals surface area contributed by atoms with E-state index in [4.69, 9.17) is 0 Å². The maximum Gasteiger partial charge on any atom is 0.251 e. The summed E-state index contributed by atoms with van der Waals surface area (Å²) in [7, 11) is 0. The molecule has 1 aromatic heterocycles. The van der Waals surface area contributed by atoms with Crippen LogP contribution in [0.1, 0.15) is 22.3 Å². The van der Waals surface area contributed by atoms with Crippen molar-refractivity contribution in [1.29, 1.82) is 0 Å². The van der Waals surface area contributed by atoms with Crippen LogP contribution in [0.5, 0.6) is 0 Å². The van der Waals surface area contributed by atoms with Gasteiger partial charge in [0.1, 0.15) is 5.82 Å². The molecule has 2 heterocycles. The molecule has 1 aliphatic heterocycles. The Morgan fingerprint density at radius 1 is 1.22 bits per heavy atom. The highest BCUT2D eigenvalue weighted by molar-refractivity contribution is 5.95. The van der Waals surface area contributed by atoms with Gasteiger partial charge < -0.3 is 10.2 Å². The number of carbonyl (C=O) groups excluding carboxylic acids is 1. The number of rotatable bonds is 4. The van der Waals surface area contributed by atoms with Crippen molar-refractivity contribution < 1.29 is 9.18 Å². The topological polar surface area (TPSA) is 61.0 Å². The Hall–Kier alpha value is -3.15. The third kappa shape index (κ3) is 3.69. The minimum atomic E-state index is -0.259. The van der Waals surface area contributed by atoms with Crippen molar-refractivity contribution in [2.45, 2.75) is 19.4 Å². The van der Waals surface area contributed by atoms with Crippen LogP contribution in [-0.2, 0) is 0 Å². The second-order valence-corrected chi connectivity index (χ2v) is 6.87. The van der Waals surface area contributed by atoms with Gasteiger partial charge in [0.2, 0.25) is 0 Å². The minimum Gasteiger partial charge on any atom is -0.353 e. The first kappa shape index (κ1) is 17.3. The van der Waals surface area contributed by atoms with Crippen LogP contribution < -0.4 is 10.2 Å². The Kier molecular flexibility index (Phi) is 4.62. The normalized spacial score (nSPS) is 16.5. The maximum atomic E-state index is 13.1. The largest absolute Gasteiger partial charge is 0.353 e. The number of hydrogen-bond acceptors (Lipinski definition) is 3. The highest BCUT2D eigenvalue weighted by atomic mass is 19.1. The molecule has 1 amide bonds. The molecule has 0 saturated carbocycles. The van der Waals surface area contributed by atoms with E-state index in [2.05, 4.69) is 20.4 Å². The van der Waals surface area contributed by atoms with Crippen LogP contribution >= 0.6 is 0 Å². The molecule has 27 heavy (non-hydrogen) atoms. The summed E-state index contributed by atoms with van der Waals surface area (Å²) in [5.41, 5.74) is 3.42. The SMILES string of the molecule is Cc1ccccc1C(=O)N[C@H]1CCN(c2cc(-c3ccc(F)cc3)[nH]n2)C1. The Bertz CT molecular complexity index is 951. The van der Waals surface area contributed by atoms with Crippen LogP contribution in [0, 0.1) is 12.7 Å². The van der Waals surface area contributed by atoms with Gasteiger partial charge >= 0.3 is 0 Å². The summed E-state index contributed by atoms with van der Waals surface area (Å²) in [5, 5.41) is 10.5. The zero-order valence-corrected chi connectivity index (χ0v) is 15.1. The maximum absolute atomic E-state index is 13.1. The summed E-state index contributed by atoms with van der Waals surface area (Å²) in [6, 6.07) is 16.0. The van der Waals surface area contributed by atoms with Crippen LogP contribution in [0.4, 0.5) is 10.2 Å². The molecule has 6 heteroatoms. The third-order valence-corrected chi connectivity index (χ3v) is 4.96. The van der Waals surface area contributed by atoms with Crippen molar-refractivity contribution in [1.82, 2.24) is 15.5 Å². The van der Waals surface area contributed by atoms with E-state index in [1.165, 1.54) is 12.1 Å². The molecule has 0 unspecified atom stereocenters. The predicted molar refractivity (Wildman–Crippen MR) is 103 cm³/mol. The van der Waals surface area contributed by atoms with Gasteiger partial charge in [-0.2, -0.15) is 5.10 Å². The van der Waals surface area contributed by atoms with Gasteiger partial charge in [-0.05, 0) is 54.8 Å². The molecule has 0 spiro atoms. The van der Waals surface area contributed by atoms with E-state index in [0.717, 1.165) is 35.6 Å². The lowest BCUT2D eigenvalue weighted by molar-refractivity contribution is 0.0940. The fourth-order valence-electron chi connectivity index (χ4n) is 3.43. The fourth-order valence-corrected chi connectivity index (χ4v) is 3.43. The highest BCUT2D eigenvalue weighted by Gasteiger charge is 2.26. The first-order valence-electron chi connectivity index (χ1n) is 9.03. The second-order valence-electron chi connectivity index (χ2n) is 6.87. The monoisotopic (exact) mass is 364 g/mol. The highest BCUT2D eigenvalue weighted by Crippen LogP contribution is 2.24. The van der Waals surface area contributed by atoms with E-state index in [0.29, 0.717) is 12.1 Å². The molecule has 0 aliphatic carbocycles. The minimum absolute atomic E-state index is 0.0334. The lowest BCUT2D eigenvalue weighted by Crippen LogP contribution is -2.37. The molecule has 4 rings (SSSR count). The van der Waals surface area contributed by atoms with Crippen molar-refractivity contribution in [3.05, 3.63) is 71.5 Å². The number of anilines is 1. The van der Waals surface area contributed by atoms with Crippen molar-refractivity contribution in [2.24, 2.45) is 0 Å². The average Bonchev–Trinajstić information content (AvgIpc) is 3.32. The zero-order chi connectivity index (χ0) is 18.8. The van der Waals surface area contributed by atoms with Crippen molar-refractivity contribution >= 4 is 11.7 Å². The molecule has 0 radical (unpaired) electrons. The molecule has 1 atom stereocenters. The average molecular weight is 364 g/mol. The number of H-pyrrole nitrogens is 1. The lowest BCUT2D eigenvalue weighted by Gasteiger charge is -2.16. The summed E-state index contributed by atoms with van der Waals surface area (Å²) in [5.74, 6) is 0.543. The van der Waals surface area contributed by atoms with Crippen LogP contribution in [0.2, 0.25) is 0 Å². The van der Waals surface area contributed by atoms with Gasteiger partial charge in [-0.15, -0.1) is 0 Å². The molecule has 1 saturated heterocycles. The number of amides is 1. The van der Waals surface area contributed by atoms with E-state index >= 15 is 0 Å². The number of nitrogens with zero attached hydrogens (tertiary/aromatic N) is 2. The fraction of sp³-hybridized carbons (Fsp3) is 0.238. The lowest BCUT2D eigenvalue weighted by atomic mass is 10.1. The quantitative estimate of drug-likeness (QED) is 0.744. The van der Waals surface area contributed by atoms with Crippen molar-refractivity contribution in [3.63, 3.8) is 0 Å². The summed E-state index contributed by atoms with van der Waals surface area (Å²) >= 11 is 0. The van der Waals surface area contributed by atoms with Gasteiger partial charge in [-0.25, -0.2) is 4.39 Å². The van der Waals surface area contributed by atoms with E-state index in [1.54, 1.807) is 12.1 Å². The van der Waals surface area contributed by atoms with Crippen LogP contribution in [-0.4, -0.2) is 35.2 Å². The first-order chi connectivity index (χ1) is 13.1. The first-order valence-corrected chi connectivity index (χ1v) is 9.03. The van der Waals surface area contributed by atoms with Gasteiger partial charge in [0.25, 0.3) is 5.91 Å². The van der Waals surface area contributed by atoms with Gasteiger partial charge in [0, 0.05) is 30.8 Å². The number of aromatic nitrogens is 2. The smallest absolute Gasteiger partial charge is 0.251 e. The summed E-state index contributed by atoms with van der Waals surface area (Å²) in [4.78, 5) is 14.6. The number of halogens is 1. The number of carbonyl (C=O) groups is 1. The van der Waals surface area contributed by atoms with Gasteiger partial charge in [-0.3, -0.25) is 9.89 Å². The number of nitrogens with one attached hydrogen (secondary N) is 2. The molecular weight excluding hydrogens is 343 g/mol. The number of hydrogen-bond donors (Lipinski definition) is 2. The van der Waals surface area contributed by atoms with Crippen LogP contribution in [0.15, 0.2) is 54.6 Å². The summed E-state index contributed by atoms with van der Waals surface area (Å²) in [6.45, 7) is 3.48. The zero-order valence-electron chi connectivity index (χ0n) is 15.1. The van der Waals surface area contributed by atoms with E-state index in [-0.39, 0.29) is 17.8 Å². The summed E-state index contributed by atoms with van der Waals surface area (Å²) < 4.78 is 13.1. The Morgan fingerprint density at radius 3 is 2.78 bits per heavy atom. The second kappa shape index (κ2) is 7.23. The van der Waals surface area contributed by atoms with Crippen molar-refractivity contribution in [3.8, 4) is 11.3 Å². The van der Waals surface area contributed by atoms with Crippen LogP contribution in [0.25, 0.3) is 11.3 Å². The summed E-state index contributed by atoms with van der Waals surface area (Å²) in [6.07, 6.45) is 0.871. The van der Waals surface area contributed by atoms with E-state index < -0.39 is 0 Å². The van der Waals surface area contributed by atoms with E-state index in [9.17, 15) is 9.18 Å². The third-order valence-electron chi connectivity index (χ3n) is 4.96. The standard InChI is InChI=1S/C21H21FN4O/c1-14-4-2-3-5-18(14)21(27)23-17-10-11-26(13-17)20-12-19(24-25-20)15-6-8-16(22)9-7-15/h2-9,12,17H,10-11,13H2,1H3,(H,23,27)(H,24,25)/t17-/m0/s1. The molecule has 1 aliphatic rings. The molecule has 5 nitrogen and oxygen atoms in total. The van der Waals surface area contributed by atoms with Crippen LogP contribution in [0.3, 0.4) is 0 Å². The Labute approximate surface area is 157 Å². The molecular formula is C21H21FN4O. The molecule has 2 N–H and O–H groups in total. The van der Waals surface area contributed by atoms with E-state index in [1.807, 2.05) is 37.3 Å². The molecule has 2 aromatic carbocycles. The van der Waals surface area contributed by atoms with Crippen molar-refractivity contribution in [2.75, 3.05) is 18.0 Å². The molecule has 0 bridgehead atoms. The van der Waals surface area contributed by atoms with Gasteiger partial charge in [0.15, 0.2) is 5.82 Å². The molecule has 3 aromatic rings.